The average molecular weight is 262 g/mol. The van der Waals surface area contributed by atoms with Crippen LogP contribution >= 0.6 is 0 Å². The second-order valence-electron chi connectivity index (χ2n) is 6.14. The molecule has 104 valence electrons. The normalized spacial score (nSPS) is 28.1. The van der Waals surface area contributed by atoms with E-state index < -0.39 is 0 Å². The largest absolute Gasteiger partial charge is 0.396 e. The topological polar surface area (TPSA) is 29.3 Å². The number of rotatable bonds is 2. The summed E-state index contributed by atoms with van der Waals surface area (Å²) in [5.74, 6) is 1.51. The molecule has 2 fully saturated rings. The number of likely N-dealkylation sites (tertiary alicyclic amines) is 1. The van der Waals surface area contributed by atoms with Gasteiger partial charge in [0.05, 0.1) is 5.69 Å². The highest BCUT2D eigenvalue weighted by molar-refractivity contribution is 5.47. The quantitative estimate of drug-likeness (QED) is 0.827. The molecule has 19 heavy (non-hydrogen) atoms. The van der Waals surface area contributed by atoms with Crippen molar-refractivity contribution in [1.82, 2.24) is 4.90 Å². The molecule has 1 saturated carbocycles. The van der Waals surface area contributed by atoms with E-state index in [4.69, 9.17) is 5.73 Å². The monoisotopic (exact) mass is 262 g/mol. The molecule has 0 bridgehead atoms. The van der Waals surface area contributed by atoms with E-state index in [1.54, 1.807) is 6.07 Å². The molecule has 1 aliphatic carbocycles. The van der Waals surface area contributed by atoms with Crippen LogP contribution in [-0.2, 0) is 6.54 Å². The Kier molecular flexibility index (Phi) is 3.74. The smallest absolute Gasteiger partial charge is 0.146 e. The highest BCUT2D eigenvalue weighted by atomic mass is 19.1. The van der Waals surface area contributed by atoms with Gasteiger partial charge in [0.1, 0.15) is 5.82 Å². The molecule has 2 atom stereocenters. The minimum absolute atomic E-state index is 0.287. The zero-order valence-corrected chi connectivity index (χ0v) is 11.4. The van der Waals surface area contributed by atoms with Gasteiger partial charge < -0.3 is 5.73 Å². The summed E-state index contributed by atoms with van der Waals surface area (Å²) in [4.78, 5) is 2.46. The number of hydrogen-bond acceptors (Lipinski definition) is 2. The maximum absolute atomic E-state index is 13.5. The Labute approximate surface area is 114 Å². The Morgan fingerprint density at radius 1 is 1.16 bits per heavy atom. The number of benzene rings is 1. The summed E-state index contributed by atoms with van der Waals surface area (Å²) < 4.78 is 13.5. The van der Waals surface area contributed by atoms with Crippen molar-refractivity contribution >= 4 is 5.69 Å². The zero-order valence-electron chi connectivity index (χ0n) is 11.4. The van der Waals surface area contributed by atoms with Crippen LogP contribution in [0.5, 0.6) is 0 Å². The third-order valence-corrected chi connectivity index (χ3v) is 4.91. The van der Waals surface area contributed by atoms with E-state index in [1.165, 1.54) is 44.7 Å². The summed E-state index contributed by atoms with van der Waals surface area (Å²) in [5.41, 5.74) is 7.10. The van der Waals surface area contributed by atoms with E-state index >= 15 is 0 Å². The number of anilines is 1. The van der Waals surface area contributed by atoms with E-state index in [9.17, 15) is 4.39 Å². The van der Waals surface area contributed by atoms with Gasteiger partial charge in [0.2, 0.25) is 0 Å². The van der Waals surface area contributed by atoms with Gasteiger partial charge in [0.25, 0.3) is 0 Å². The molecular weight excluding hydrogens is 239 g/mol. The molecule has 2 unspecified atom stereocenters. The van der Waals surface area contributed by atoms with Gasteiger partial charge in [-0.15, -0.1) is 0 Å². The van der Waals surface area contributed by atoms with Gasteiger partial charge in [-0.3, -0.25) is 4.90 Å². The van der Waals surface area contributed by atoms with Crippen molar-refractivity contribution in [2.45, 2.75) is 38.6 Å². The number of fused-ring (bicyclic) bond motifs is 1. The average Bonchev–Trinajstić information content (AvgIpc) is 2.44. The van der Waals surface area contributed by atoms with Gasteiger partial charge in [-0.05, 0) is 42.9 Å². The second-order valence-corrected chi connectivity index (χ2v) is 6.14. The van der Waals surface area contributed by atoms with Crippen LogP contribution in [0.2, 0.25) is 0 Å². The highest BCUT2D eigenvalue weighted by Crippen LogP contribution is 2.36. The molecule has 0 spiro atoms. The number of piperidine rings is 1. The van der Waals surface area contributed by atoms with E-state index in [1.807, 2.05) is 6.07 Å². The third-order valence-electron chi connectivity index (χ3n) is 4.91. The number of nitrogens with two attached hydrogens (primary N) is 1. The first-order valence-electron chi connectivity index (χ1n) is 7.49. The summed E-state index contributed by atoms with van der Waals surface area (Å²) in [6, 6.07) is 5.14. The van der Waals surface area contributed by atoms with Crippen LogP contribution < -0.4 is 5.73 Å². The molecule has 0 amide bonds. The van der Waals surface area contributed by atoms with E-state index in [2.05, 4.69) is 4.90 Å². The van der Waals surface area contributed by atoms with Gasteiger partial charge in [0, 0.05) is 13.1 Å². The predicted octanol–water partition coefficient (Wildman–Crippen LogP) is 3.42. The molecule has 0 radical (unpaired) electrons. The molecule has 1 heterocycles. The van der Waals surface area contributed by atoms with Crippen molar-refractivity contribution in [2.24, 2.45) is 11.8 Å². The lowest BCUT2D eigenvalue weighted by molar-refractivity contribution is 0.0821. The predicted molar refractivity (Wildman–Crippen MR) is 76.2 cm³/mol. The van der Waals surface area contributed by atoms with Gasteiger partial charge in [0.15, 0.2) is 0 Å². The minimum atomic E-state index is -0.287. The van der Waals surface area contributed by atoms with E-state index in [-0.39, 0.29) is 5.82 Å². The summed E-state index contributed by atoms with van der Waals surface area (Å²) in [5, 5.41) is 0. The highest BCUT2D eigenvalue weighted by Gasteiger charge is 2.31. The molecular formula is C16H23FN2. The third kappa shape index (κ3) is 2.76. The summed E-state index contributed by atoms with van der Waals surface area (Å²) in [6.45, 7) is 3.10. The Morgan fingerprint density at radius 3 is 2.79 bits per heavy atom. The van der Waals surface area contributed by atoms with Crippen LogP contribution in [0.3, 0.4) is 0 Å². The number of nitrogen functional groups attached to an aromatic ring is 1. The van der Waals surface area contributed by atoms with Crippen molar-refractivity contribution in [3.05, 3.63) is 29.6 Å². The molecule has 2 nitrogen and oxygen atoms in total. The molecule has 1 saturated heterocycles. The standard InChI is InChI=1S/C16H23FN2/c17-15-7-3-6-14(16(15)18)11-19-9-8-12-4-1-2-5-13(12)10-19/h3,6-7,12-13H,1-2,4-5,8-11,18H2. The van der Waals surface area contributed by atoms with E-state index in [0.717, 1.165) is 30.5 Å². The maximum atomic E-state index is 13.5. The molecule has 1 aromatic carbocycles. The Morgan fingerprint density at radius 2 is 1.95 bits per heavy atom. The minimum Gasteiger partial charge on any atom is -0.396 e. The molecule has 3 heteroatoms. The van der Waals surface area contributed by atoms with Gasteiger partial charge >= 0.3 is 0 Å². The SMILES string of the molecule is Nc1c(F)cccc1CN1CCC2CCCCC2C1. The van der Waals surface area contributed by atoms with Crippen LogP contribution in [0.25, 0.3) is 0 Å². The maximum Gasteiger partial charge on any atom is 0.146 e. The Bertz CT molecular complexity index is 446. The first-order valence-corrected chi connectivity index (χ1v) is 7.49. The summed E-state index contributed by atoms with van der Waals surface area (Å²) in [7, 11) is 0. The zero-order chi connectivity index (χ0) is 13.2. The molecule has 1 aromatic rings. The molecule has 2 aliphatic rings. The van der Waals surface area contributed by atoms with Crippen molar-refractivity contribution in [3.8, 4) is 0 Å². The fraction of sp³-hybridized carbons (Fsp3) is 0.625. The van der Waals surface area contributed by atoms with Gasteiger partial charge in [-0.2, -0.15) is 0 Å². The number of para-hydroxylation sites is 1. The van der Waals surface area contributed by atoms with Crippen molar-refractivity contribution in [1.29, 1.82) is 0 Å². The molecule has 3 rings (SSSR count). The van der Waals surface area contributed by atoms with Crippen molar-refractivity contribution in [2.75, 3.05) is 18.8 Å². The molecule has 1 aliphatic heterocycles. The van der Waals surface area contributed by atoms with Crippen LogP contribution in [0.4, 0.5) is 10.1 Å². The number of hydrogen-bond donors (Lipinski definition) is 1. The van der Waals surface area contributed by atoms with Gasteiger partial charge in [-0.1, -0.05) is 31.4 Å². The van der Waals surface area contributed by atoms with Crippen molar-refractivity contribution < 1.29 is 4.39 Å². The number of halogens is 1. The molecule has 2 N–H and O–H groups in total. The summed E-state index contributed by atoms with van der Waals surface area (Å²) in [6.07, 6.45) is 6.90. The lowest BCUT2D eigenvalue weighted by atomic mass is 9.75. The Hall–Kier alpha value is -1.09. The number of nitrogens with zero attached hydrogens (tertiary/aromatic N) is 1. The fourth-order valence-corrected chi connectivity index (χ4v) is 3.78. The second kappa shape index (κ2) is 5.49. The molecule has 0 aromatic heterocycles. The van der Waals surface area contributed by atoms with Crippen LogP contribution in [0.15, 0.2) is 18.2 Å². The van der Waals surface area contributed by atoms with Crippen molar-refractivity contribution in [3.63, 3.8) is 0 Å². The fourth-order valence-electron chi connectivity index (χ4n) is 3.78. The first kappa shape index (κ1) is 12.9. The van der Waals surface area contributed by atoms with Gasteiger partial charge in [-0.25, -0.2) is 4.39 Å². The Balaban J connectivity index is 1.66. The van der Waals surface area contributed by atoms with Crippen LogP contribution in [-0.4, -0.2) is 18.0 Å². The van der Waals surface area contributed by atoms with Crippen LogP contribution in [0, 0.1) is 17.7 Å². The lowest BCUT2D eigenvalue weighted by Gasteiger charge is -2.41. The lowest BCUT2D eigenvalue weighted by Crippen LogP contribution is -2.41. The first-order chi connectivity index (χ1) is 9.24. The van der Waals surface area contributed by atoms with E-state index in [0.29, 0.717) is 5.69 Å². The van der Waals surface area contributed by atoms with Crippen LogP contribution in [0.1, 0.15) is 37.7 Å². The summed E-state index contributed by atoms with van der Waals surface area (Å²) >= 11 is 0.